The Kier molecular flexibility index (Phi) is 3.02. The molecule has 0 aliphatic carbocycles. The van der Waals surface area contributed by atoms with E-state index in [1.54, 1.807) is 12.1 Å². The van der Waals surface area contributed by atoms with Crippen molar-refractivity contribution in [2.75, 3.05) is 0 Å². The standard InChI is InChI=1S/C14H9ClO2S/c15-10-5-3-4-9(8-10)14-17-13(16)11-6-1-2-7-12(11)18-14/h1-8,14H/t14-/m0/s1. The molecule has 0 spiro atoms. The zero-order valence-corrected chi connectivity index (χ0v) is 10.9. The molecule has 1 heterocycles. The summed E-state index contributed by atoms with van der Waals surface area (Å²) in [5.74, 6) is -0.283. The van der Waals surface area contributed by atoms with Crippen LogP contribution in [-0.4, -0.2) is 5.97 Å². The minimum Gasteiger partial charge on any atom is -0.442 e. The van der Waals surface area contributed by atoms with Gasteiger partial charge in [0.05, 0.1) is 5.56 Å². The summed E-state index contributed by atoms with van der Waals surface area (Å²) < 4.78 is 5.42. The zero-order valence-electron chi connectivity index (χ0n) is 9.30. The van der Waals surface area contributed by atoms with Gasteiger partial charge in [-0.1, -0.05) is 47.6 Å². The van der Waals surface area contributed by atoms with Gasteiger partial charge in [0, 0.05) is 15.5 Å². The van der Waals surface area contributed by atoms with Crippen molar-refractivity contribution in [1.82, 2.24) is 0 Å². The van der Waals surface area contributed by atoms with Gasteiger partial charge in [-0.15, -0.1) is 0 Å². The molecule has 4 heteroatoms. The van der Waals surface area contributed by atoms with E-state index in [2.05, 4.69) is 0 Å². The highest BCUT2D eigenvalue weighted by molar-refractivity contribution is 7.99. The van der Waals surface area contributed by atoms with Crippen LogP contribution >= 0.6 is 23.4 Å². The van der Waals surface area contributed by atoms with Crippen molar-refractivity contribution in [2.24, 2.45) is 0 Å². The number of rotatable bonds is 1. The fraction of sp³-hybridized carbons (Fsp3) is 0.0714. The molecule has 0 N–H and O–H groups in total. The Hall–Kier alpha value is -1.45. The summed E-state index contributed by atoms with van der Waals surface area (Å²) in [7, 11) is 0. The highest BCUT2D eigenvalue weighted by Gasteiger charge is 2.27. The number of benzene rings is 2. The van der Waals surface area contributed by atoms with E-state index in [4.69, 9.17) is 16.3 Å². The van der Waals surface area contributed by atoms with Crippen LogP contribution in [0.3, 0.4) is 0 Å². The van der Waals surface area contributed by atoms with Crippen LogP contribution < -0.4 is 0 Å². The molecule has 90 valence electrons. The average molecular weight is 277 g/mol. The van der Waals surface area contributed by atoms with Crippen molar-refractivity contribution in [1.29, 1.82) is 0 Å². The Morgan fingerprint density at radius 3 is 2.78 bits per heavy atom. The predicted molar refractivity (Wildman–Crippen MR) is 71.9 cm³/mol. The molecule has 3 rings (SSSR count). The minimum absolute atomic E-state index is 0.283. The SMILES string of the molecule is O=C1O[C@H](c2cccc(Cl)c2)Sc2ccccc21. The maximum Gasteiger partial charge on any atom is 0.340 e. The van der Waals surface area contributed by atoms with Gasteiger partial charge in [0.1, 0.15) is 0 Å². The predicted octanol–water partition coefficient (Wildman–Crippen LogP) is 4.30. The lowest BCUT2D eigenvalue weighted by Gasteiger charge is -2.24. The highest BCUT2D eigenvalue weighted by atomic mass is 35.5. The molecule has 2 nitrogen and oxygen atoms in total. The van der Waals surface area contributed by atoms with Crippen molar-refractivity contribution in [3.8, 4) is 0 Å². The van der Waals surface area contributed by atoms with Crippen molar-refractivity contribution in [3.05, 3.63) is 64.7 Å². The quantitative estimate of drug-likeness (QED) is 0.727. The van der Waals surface area contributed by atoms with Crippen LogP contribution in [0.25, 0.3) is 0 Å². The number of halogens is 1. The number of carbonyl (C=O) groups is 1. The van der Waals surface area contributed by atoms with Gasteiger partial charge in [0.25, 0.3) is 0 Å². The normalized spacial score (nSPS) is 18.1. The van der Waals surface area contributed by atoms with E-state index in [1.165, 1.54) is 11.8 Å². The number of hydrogen-bond donors (Lipinski definition) is 0. The van der Waals surface area contributed by atoms with Gasteiger partial charge in [-0.25, -0.2) is 4.79 Å². The molecule has 0 bridgehead atoms. The number of esters is 1. The van der Waals surface area contributed by atoms with Gasteiger partial charge in [-0.3, -0.25) is 0 Å². The maximum atomic E-state index is 11.9. The Morgan fingerprint density at radius 1 is 1.11 bits per heavy atom. The van der Waals surface area contributed by atoms with Gasteiger partial charge in [-0.2, -0.15) is 0 Å². The van der Waals surface area contributed by atoms with Crippen LogP contribution in [-0.2, 0) is 4.74 Å². The van der Waals surface area contributed by atoms with E-state index in [1.807, 2.05) is 36.4 Å². The van der Waals surface area contributed by atoms with Crippen LogP contribution in [0.15, 0.2) is 53.4 Å². The number of carbonyl (C=O) groups excluding carboxylic acids is 1. The van der Waals surface area contributed by atoms with E-state index in [0.717, 1.165) is 10.5 Å². The fourth-order valence-corrected chi connectivity index (χ4v) is 3.11. The Bertz CT molecular complexity index is 612. The summed E-state index contributed by atoms with van der Waals surface area (Å²) in [5, 5.41) is 0.642. The van der Waals surface area contributed by atoms with Crippen LogP contribution in [0, 0.1) is 0 Å². The molecule has 18 heavy (non-hydrogen) atoms. The molecule has 0 unspecified atom stereocenters. The summed E-state index contributed by atoms with van der Waals surface area (Å²) in [5.41, 5.74) is 1.20. The summed E-state index contributed by atoms with van der Waals surface area (Å²) in [6, 6.07) is 14.8. The molecule has 0 saturated heterocycles. The monoisotopic (exact) mass is 276 g/mol. The van der Waals surface area contributed by atoms with E-state index >= 15 is 0 Å². The number of cyclic esters (lactones) is 1. The molecule has 2 aromatic rings. The zero-order chi connectivity index (χ0) is 12.5. The fourth-order valence-electron chi connectivity index (χ4n) is 1.83. The third kappa shape index (κ3) is 2.11. The summed E-state index contributed by atoms with van der Waals surface area (Å²) >= 11 is 7.47. The van der Waals surface area contributed by atoms with Crippen molar-refractivity contribution < 1.29 is 9.53 Å². The Morgan fingerprint density at radius 2 is 1.94 bits per heavy atom. The topological polar surface area (TPSA) is 26.3 Å². The van der Waals surface area contributed by atoms with E-state index in [0.29, 0.717) is 10.6 Å². The van der Waals surface area contributed by atoms with Gasteiger partial charge in [0.15, 0.2) is 5.44 Å². The second-order valence-corrected chi connectivity index (χ2v) is 5.45. The van der Waals surface area contributed by atoms with Crippen LogP contribution in [0.2, 0.25) is 5.02 Å². The van der Waals surface area contributed by atoms with Gasteiger partial charge in [0.2, 0.25) is 0 Å². The smallest absolute Gasteiger partial charge is 0.340 e. The lowest BCUT2D eigenvalue weighted by molar-refractivity contribution is 0.0440. The first-order valence-corrected chi connectivity index (χ1v) is 6.72. The molecule has 1 aliphatic heterocycles. The Labute approximate surface area is 114 Å². The highest BCUT2D eigenvalue weighted by Crippen LogP contribution is 2.42. The summed E-state index contributed by atoms with van der Waals surface area (Å²) in [6.07, 6.45) is 0. The van der Waals surface area contributed by atoms with Gasteiger partial charge < -0.3 is 4.74 Å². The maximum absolute atomic E-state index is 11.9. The molecule has 0 radical (unpaired) electrons. The van der Waals surface area contributed by atoms with E-state index in [-0.39, 0.29) is 11.4 Å². The molecule has 0 amide bonds. The second kappa shape index (κ2) is 4.67. The van der Waals surface area contributed by atoms with E-state index in [9.17, 15) is 4.79 Å². The first kappa shape index (κ1) is 11.6. The lowest BCUT2D eigenvalue weighted by atomic mass is 10.2. The molecule has 2 aromatic carbocycles. The first-order chi connectivity index (χ1) is 8.74. The summed E-state index contributed by atoms with van der Waals surface area (Å²) in [4.78, 5) is 12.8. The van der Waals surface area contributed by atoms with Gasteiger partial charge in [-0.05, 0) is 24.3 Å². The minimum atomic E-state index is -0.328. The molecule has 1 aliphatic rings. The number of hydrogen-bond acceptors (Lipinski definition) is 3. The number of thioether (sulfide) groups is 1. The van der Waals surface area contributed by atoms with Crippen LogP contribution in [0.1, 0.15) is 21.4 Å². The second-order valence-electron chi connectivity index (χ2n) is 3.91. The van der Waals surface area contributed by atoms with E-state index < -0.39 is 0 Å². The van der Waals surface area contributed by atoms with Crippen molar-refractivity contribution >= 4 is 29.3 Å². The molecule has 0 fully saturated rings. The molecule has 0 saturated carbocycles. The third-order valence-corrected chi connectivity index (χ3v) is 4.10. The lowest BCUT2D eigenvalue weighted by Crippen LogP contribution is -2.15. The largest absolute Gasteiger partial charge is 0.442 e. The van der Waals surface area contributed by atoms with Crippen molar-refractivity contribution in [3.63, 3.8) is 0 Å². The molecule has 1 atom stereocenters. The first-order valence-electron chi connectivity index (χ1n) is 5.46. The Balaban J connectivity index is 1.97. The number of fused-ring (bicyclic) bond motifs is 1. The van der Waals surface area contributed by atoms with Gasteiger partial charge >= 0.3 is 5.97 Å². The number of ether oxygens (including phenoxy) is 1. The molecular weight excluding hydrogens is 268 g/mol. The summed E-state index contributed by atoms with van der Waals surface area (Å²) in [6.45, 7) is 0. The van der Waals surface area contributed by atoms with Crippen molar-refractivity contribution in [2.45, 2.75) is 10.3 Å². The molecular formula is C14H9ClO2S. The third-order valence-electron chi connectivity index (χ3n) is 2.68. The average Bonchev–Trinajstić information content (AvgIpc) is 2.39. The van der Waals surface area contributed by atoms with Crippen LogP contribution in [0.5, 0.6) is 0 Å². The molecule has 0 aromatic heterocycles. The van der Waals surface area contributed by atoms with Crippen LogP contribution in [0.4, 0.5) is 0 Å².